The SMILES string of the molecule is CCCCCCCCCCCCC/C=C/CC/C=C/C(O)C(CO)NC(=O)CC(O)CCCCCCCCCCC. The van der Waals surface area contributed by atoms with Gasteiger partial charge in [0.2, 0.25) is 5.91 Å². The normalized spacial score (nSPS) is 14.2. The van der Waals surface area contributed by atoms with Crippen molar-refractivity contribution in [1.82, 2.24) is 5.32 Å². The number of hydrogen-bond donors (Lipinski definition) is 4. The minimum atomic E-state index is -0.946. The molecule has 0 saturated heterocycles. The quantitative estimate of drug-likeness (QED) is 0.0487. The summed E-state index contributed by atoms with van der Waals surface area (Å²) >= 11 is 0. The highest BCUT2D eigenvalue weighted by molar-refractivity contribution is 5.76. The zero-order valence-electron chi connectivity index (χ0n) is 27.2. The molecule has 5 nitrogen and oxygen atoms in total. The number of carbonyl (C=O) groups excluding carboxylic acids is 1. The highest BCUT2D eigenvalue weighted by Crippen LogP contribution is 2.14. The van der Waals surface area contributed by atoms with E-state index in [-0.39, 0.29) is 18.9 Å². The van der Waals surface area contributed by atoms with Crippen molar-refractivity contribution in [2.45, 2.75) is 193 Å². The van der Waals surface area contributed by atoms with Gasteiger partial charge in [-0.2, -0.15) is 0 Å². The molecule has 41 heavy (non-hydrogen) atoms. The maximum atomic E-state index is 12.3. The maximum absolute atomic E-state index is 12.3. The third-order valence-corrected chi connectivity index (χ3v) is 7.99. The summed E-state index contributed by atoms with van der Waals surface area (Å²) in [6.45, 7) is 4.16. The van der Waals surface area contributed by atoms with Crippen LogP contribution in [0.2, 0.25) is 0 Å². The average Bonchev–Trinajstić information content (AvgIpc) is 2.96. The van der Waals surface area contributed by atoms with Gasteiger partial charge in [0, 0.05) is 0 Å². The Morgan fingerprint density at radius 2 is 1.05 bits per heavy atom. The van der Waals surface area contributed by atoms with E-state index >= 15 is 0 Å². The first kappa shape index (κ1) is 39.8. The Bertz CT molecular complexity index is 606. The van der Waals surface area contributed by atoms with Crippen LogP contribution < -0.4 is 5.32 Å². The molecule has 0 aliphatic rings. The Labute approximate surface area is 254 Å². The number of nitrogens with one attached hydrogen (secondary N) is 1. The molecule has 4 N–H and O–H groups in total. The summed E-state index contributed by atoms with van der Waals surface area (Å²) in [7, 11) is 0. The second kappa shape index (κ2) is 31.8. The van der Waals surface area contributed by atoms with Gasteiger partial charge in [-0.05, 0) is 32.1 Å². The van der Waals surface area contributed by atoms with Gasteiger partial charge in [0.25, 0.3) is 0 Å². The lowest BCUT2D eigenvalue weighted by Crippen LogP contribution is -2.45. The fourth-order valence-electron chi connectivity index (χ4n) is 5.24. The summed E-state index contributed by atoms with van der Waals surface area (Å²) in [6.07, 6.45) is 35.9. The van der Waals surface area contributed by atoms with Gasteiger partial charge < -0.3 is 20.6 Å². The van der Waals surface area contributed by atoms with Crippen molar-refractivity contribution in [1.29, 1.82) is 0 Å². The lowest BCUT2D eigenvalue weighted by atomic mass is 10.0. The number of carbonyl (C=O) groups is 1. The van der Waals surface area contributed by atoms with Crippen LogP contribution in [0.5, 0.6) is 0 Å². The molecule has 1 amide bonds. The van der Waals surface area contributed by atoms with Crippen molar-refractivity contribution in [2.24, 2.45) is 0 Å². The van der Waals surface area contributed by atoms with Gasteiger partial charge in [0.15, 0.2) is 0 Å². The molecule has 0 rings (SSSR count). The van der Waals surface area contributed by atoms with E-state index in [1.54, 1.807) is 6.08 Å². The van der Waals surface area contributed by atoms with Crippen molar-refractivity contribution in [3.63, 3.8) is 0 Å². The smallest absolute Gasteiger partial charge is 0.222 e. The molecule has 3 atom stereocenters. The lowest BCUT2D eigenvalue weighted by molar-refractivity contribution is -0.124. The molecule has 0 aromatic rings. The third kappa shape index (κ3) is 28.7. The van der Waals surface area contributed by atoms with Gasteiger partial charge in [-0.25, -0.2) is 0 Å². The molecular weight excluding hydrogens is 510 g/mol. The number of rotatable bonds is 31. The van der Waals surface area contributed by atoms with Crippen LogP contribution in [0.1, 0.15) is 174 Å². The first-order valence-corrected chi connectivity index (χ1v) is 17.6. The predicted octanol–water partition coefficient (Wildman–Crippen LogP) is 9.09. The number of amides is 1. The summed E-state index contributed by atoms with van der Waals surface area (Å²) in [5.74, 6) is -0.328. The van der Waals surface area contributed by atoms with Crippen LogP contribution in [-0.2, 0) is 4.79 Å². The molecule has 0 aromatic heterocycles. The molecule has 0 aliphatic heterocycles. The second-order valence-corrected chi connectivity index (χ2v) is 12.1. The average molecular weight is 580 g/mol. The maximum Gasteiger partial charge on any atom is 0.222 e. The van der Waals surface area contributed by atoms with E-state index in [4.69, 9.17) is 0 Å². The molecule has 0 heterocycles. The highest BCUT2D eigenvalue weighted by atomic mass is 16.3. The van der Waals surface area contributed by atoms with Gasteiger partial charge >= 0.3 is 0 Å². The molecule has 5 heteroatoms. The molecule has 0 aromatic carbocycles. The fourth-order valence-corrected chi connectivity index (χ4v) is 5.24. The molecule has 242 valence electrons. The predicted molar refractivity (Wildman–Crippen MR) is 176 cm³/mol. The van der Waals surface area contributed by atoms with E-state index < -0.39 is 18.2 Å². The van der Waals surface area contributed by atoms with Crippen LogP contribution in [0.3, 0.4) is 0 Å². The van der Waals surface area contributed by atoms with Crippen molar-refractivity contribution in [3.8, 4) is 0 Å². The Balaban J connectivity index is 3.79. The van der Waals surface area contributed by atoms with Crippen molar-refractivity contribution in [3.05, 3.63) is 24.3 Å². The summed E-state index contributed by atoms with van der Waals surface area (Å²) in [5, 5.41) is 32.9. The lowest BCUT2D eigenvalue weighted by Gasteiger charge is -2.21. The van der Waals surface area contributed by atoms with Crippen LogP contribution >= 0.6 is 0 Å². The molecule has 0 fully saturated rings. The van der Waals surface area contributed by atoms with E-state index in [0.717, 1.165) is 32.1 Å². The summed E-state index contributed by atoms with van der Waals surface area (Å²) in [5.41, 5.74) is 0. The molecule has 0 aliphatic carbocycles. The van der Waals surface area contributed by atoms with Crippen LogP contribution in [0.15, 0.2) is 24.3 Å². The summed E-state index contributed by atoms with van der Waals surface area (Å²) in [6, 6.07) is -0.754. The number of hydrogen-bond acceptors (Lipinski definition) is 4. The molecular formula is C36H69NO4. The first-order chi connectivity index (χ1) is 20.0. The Hall–Kier alpha value is -1.17. The van der Waals surface area contributed by atoms with Crippen LogP contribution in [0.4, 0.5) is 0 Å². The highest BCUT2D eigenvalue weighted by Gasteiger charge is 2.20. The molecule has 0 radical (unpaired) electrons. The van der Waals surface area contributed by atoms with E-state index in [1.807, 2.05) is 6.08 Å². The fraction of sp³-hybridized carbons (Fsp3) is 0.861. The van der Waals surface area contributed by atoms with Gasteiger partial charge in [-0.15, -0.1) is 0 Å². The standard InChI is InChI=1S/C36H69NO4/c1-3-5-7-9-11-13-14-15-16-17-18-19-20-22-24-26-28-30-35(40)34(32-38)37-36(41)31-33(39)29-27-25-23-21-12-10-8-6-4-2/h20,22,28,30,33-35,38-40H,3-19,21,23-27,29,31-32H2,1-2H3,(H,37,41)/b22-20+,30-28+. The third-order valence-electron chi connectivity index (χ3n) is 7.99. The van der Waals surface area contributed by atoms with Crippen molar-refractivity contribution < 1.29 is 20.1 Å². The van der Waals surface area contributed by atoms with E-state index in [2.05, 4.69) is 31.3 Å². The zero-order valence-corrected chi connectivity index (χ0v) is 27.2. The summed E-state index contributed by atoms with van der Waals surface area (Å²) in [4.78, 5) is 12.3. The zero-order chi connectivity index (χ0) is 30.2. The number of aliphatic hydroxyl groups excluding tert-OH is 3. The van der Waals surface area contributed by atoms with E-state index in [0.29, 0.717) is 6.42 Å². The minimum absolute atomic E-state index is 0.00781. The van der Waals surface area contributed by atoms with E-state index in [1.165, 1.54) is 116 Å². The topological polar surface area (TPSA) is 89.8 Å². The number of unbranched alkanes of at least 4 members (excludes halogenated alkanes) is 20. The van der Waals surface area contributed by atoms with Crippen LogP contribution in [0, 0.1) is 0 Å². The monoisotopic (exact) mass is 580 g/mol. The van der Waals surface area contributed by atoms with E-state index in [9.17, 15) is 20.1 Å². The largest absolute Gasteiger partial charge is 0.394 e. The summed E-state index contributed by atoms with van der Waals surface area (Å²) < 4.78 is 0. The minimum Gasteiger partial charge on any atom is -0.394 e. The molecule has 3 unspecified atom stereocenters. The van der Waals surface area contributed by atoms with Crippen LogP contribution in [-0.4, -0.2) is 46.1 Å². The van der Waals surface area contributed by atoms with Crippen molar-refractivity contribution in [2.75, 3.05) is 6.61 Å². The molecule has 0 spiro atoms. The Morgan fingerprint density at radius 3 is 1.56 bits per heavy atom. The molecule has 0 bridgehead atoms. The second-order valence-electron chi connectivity index (χ2n) is 12.1. The van der Waals surface area contributed by atoms with Crippen LogP contribution in [0.25, 0.3) is 0 Å². The van der Waals surface area contributed by atoms with Gasteiger partial charge in [-0.1, -0.05) is 160 Å². The number of allylic oxidation sites excluding steroid dienone is 3. The van der Waals surface area contributed by atoms with Gasteiger partial charge in [0.05, 0.1) is 31.3 Å². The van der Waals surface area contributed by atoms with Crippen molar-refractivity contribution >= 4 is 5.91 Å². The van der Waals surface area contributed by atoms with Gasteiger partial charge in [-0.3, -0.25) is 4.79 Å². The Kier molecular flexibility index (Phi) is 30.9. The number of aliphatic hydroxyl groups is 3. The Morgan fingerprint density at radius 1 is 0.610 bits per heavy atom. The first-order valence-electron chi connectivity index (χ1n) is 17.6. The molecule has 0 saturated carbocycles. The van der Waals surface area contributed by atoms with Gasteiger partial charge in [0.1, 0.15) is 0 Å².